The summed E-state index contributed by atoms with van der Waals surface area (Å²) in [6, 6.07) is 4.77. The van der Waals surface area contributed by atoms with Gasteiger partial charge in [0.2, 0.25) is 0 Å². The Morgan fingerprint density at radius 2 is 2.12 bits per heavy atom. The number of fused-ring (bicyclic) bond motifs is 1. The molecule has 132 valence electrons. The molecular weight excluding hydrogens is 302 g/mol. The third kappa shape index (κ3) is 3.94. The van der Waals surface area contributed by atoms with E-state index in [-0.39, 0.29) is 6.10 Å². The van der Waals surface area contributed by atoms with Crippen LogP contribution in [0.1, 0.15) is 45.2 Å². The van der Waals surface area contributed by atoms with E-state index in [4.69, 9.17) is 14.5 Å². The van der Waals surface area contributed by atoms with E-state index in [0.717, 1.165) is 41.9 Å². The molecule has 0 saturated heterocycles. The van der Waals surface area contributed by atoms with Crippen LogP contribution in [0, 0.1) is 5.92 Å². The Morgan fingerprint density at radius 3 is 2.79 bits per heavy atom. The van der Waals surface area contributed by atoms with Gasteiger partial charge < -0.3 is 20.1 Å². The first-order valence-electron chi connectivity index (χ1n) is 9.10. The molecule has 3 atom stereocenters. The average molecular weight is 331 g/mol. The van der Waals surface area contributed by atoms with Gasteiger partial charge >= 0.3 is 0 Å². The number of benzene rings is 1. The summed E-state index contributed by atoms with van der Waals surface area (Å²) < 4.78 is 11.7. The van der Waals surface area contributed by atoms with Crippen LogP contribution in [-0.4, -0.2) is 31.3 Å². The zero-order chi connectivity index (χ0) is 17.1. The van der Waals surface area contributed by atoms with Gasteiger partial charge in [-0.3, -0.25) is 0 Å². The molecule has 1 heterocycles. The van der Waals surface area contributed by atoms with E-state index in [2.05, 4.69) is 43.5 Å². The van der Waals surface area contributed by atoms with Gasteiger partial charge in [-0.25, -0.2) is 4.99 Å². The number of nitrogens with one attached hydrogen (secondary N) is 2. The van der Waals surface area contributed by atoms with Gasteiger partial charge in [-0.2, -0.15) is 0 Å². The Morgan fingerprint density at radius 1 is 1.33 bits per heavy atom. The number of hydrogen-bond donors (Lipinski definition) is 2. The van der Waals surface area contributed by atoms with Gasteiger partial charge in [0.05, 0.1) is 13.2 Å². The lowest BCUT2D eigenvalue weighted by molar-refractivity contribution is 0.254. The molecule has 1 aromatic carbocycles. The summed E-state index contributed by atoms with van der Waals surface area (Å²) in [7, 11) is 0. The second kappa shape index (κ2) is 7.32. The van der Waals surface area contributed by atoms with Crippen molar-refractivity contribution in [1.29, 1.82) is 0 Å². The fraction of sp³-hybridized carbons (Fsp3) is 0.632. The summed E-state index contributed by atoms with van der Waals surface area (Å²) in [6.45, 7) is 10.6. The number of nitrogens with zero attached hydrogens (tertiary/aromatic N) is 1. The highest BCUT2D eigenvalue weighted by molar-refractivity contribution is 5.80. The standard InChI is InChI=1S/C19H29N3O2/c1-5-20-19(22-16-7-12(16)3)21-11-15-10-18-14(8-13(4)24-18)9-17(15)23-6-2/h9-10,12-13,16H,5-8,11H2,1-4H3,(H2,20,21,22). The molecule has 24 heavy (non-hydrogen) atoms. The molecule has 5 heteroatoms. The quantitative estimate of drug-likeness (QED) is 0.622. The number of guanidine groups is 1. The molecule has 1 aromatic rings. The minimum absolute atomic E-state index is 0.239. The zero-order valence-corrected chi connectivity index (χ0v) is 15.2. The molecule has 1 aliphatic heterocycles. The Balaban J connectivity index is 1.76. The number of ether oxygens (including phenoxy) is 2. The summed E-state index contributed by atoms with van der Waals surface area (Å²) in [5, 5.41) is 6.81. The highest BCUT2D eigenvalue weighted by atomic mass is 16.5. The molecule has 0 spiro atoms. The molecule has 3 unspecified atom stereocenters. The van der Waals surface area contributed by atoms with Crippen LogP contribution in [0.2, 0.25) is 0 Å². The van der Waals surface area contributed by atoms with Crippen LogP contribution in [-0.2, 0) is 13.0 Å². The molecule has 2 N–H and O–H groups in total. The lowest BCUT2D eigenvalue weighted by Crippen LogP contribution is -2.39. The highest BCUT2D eigenvalue weighted by Gasteiger charge is 2.33. The summed E-state index contributed by atoms with van der Waals surface area (Å²) >= 11 is 0. The third-order valence-corrected chi connectivity index (χ3v) is 4.56. The van der Waals surface area contributed by atoms with Crippen LogP contribution in [0.3, 0.4) is 0 Å². The normalized spacial score (nSPS) is 25.0. The van der Waals surface area contributed by atoms with Crippen molar-refractivity contribution in [3.05, 3.63) is 23.3 Å². The summed E-state index contributed by atoms with van der Waals surface area (Å²) in [6.07, 6.45) is 2.41. The van der Waals surface area contributed by atoms with Gasteiger partial charge in [-0.15, -0.1) is 0 Å². The van der Waals surface area contributed by atoms with Crippen LogP contribution in [0.25, 0.3) is 0 Å². The fourth-order valence-corrected chi connectivity index (χ4v) is 3.08. The van der Waals surface area contributed by atoms with Gasteiger partial charge in [0.25, 0.3) is 0 Å². The van der Waals surface area contributed by atoms with Gasteiger partial charge in [0.15, 0.2) is 5.96 Å². The van der Waals surface area contributed by atoms with Crippen LogP contribution in [0.15, 0.2) is 17.1 Å². The molecule has 0 radical (unpaired) electrons. The van der Waals surface area contributed by atoms with Crippen molar-refractivity contribution >= 4 is 5.96 Å². The monoisotopic (exact) mass is 331 g/mol. The molecule has 0 amide bonds. The van der Waals surface area contributed by atoms with E-state index >= 15 is 0 Å². The van der Waals surface area contributed by atoms with Crippen molar-refractivity contribution in [3.63, 3.8) is 0 Å². The van der Waals surface area contributed by atoms with Crippen LogP contribution >= 0.6 is 0 Å². The predicted molar refractivity (Wildman–Crippen MR) is 96.9 cm³/mol. The number of rotatable bonds is 6. The van der Waals surface area contributed by atoms with Crippen molar-refractivity contribution in [2.24, 2.45) is 10.9 Å². The molecule has 1 aliphatic carbocycles. The number of hydrogen-bond acceptors (Lipinski definition) is 3. The summed E-state index contributed by atoms with van der Waals surface area (Å²) in [5.74, 6) is 3.52. The van der Waals surface area contributed by atoms with Gasteiger partial charge in [0, 0.05) is 30.1 Å². The van der Waals surface area contributed by atoms with Crippen LogP contribution in [0.4, 0.5) is 0 Å². The molecule has 3 rings (SSSR count). The Kier molecular flexibility index (Phi) is 5.17. The van der Waals surface area contributed by atoms with Crippen molar-refractivity contribution in [1.82, 2.24) is 10.6 Å². The SMILES string of the molecule is CCNC(=NCc1cc2c(cc1OCC)CC(C)O2)NC1CC1C. The van der Waals surface area contributed by atoms with E-state index in [0.29, 0.717) is 19.2 Å². The Hall–Kier alpha value is -1.91. The minimum Gasteiger partial charge on any atom is -0.494 e. The van der Waals surface area contributed by atoms with E-state index in [9.17, 15) is 0 Å². The summed E-state index contributed by atoms with van der Waals surface area (Å²) in [4.78, 5) is 4.74. The second-order valence-corrected chi connectivity index (χ2v) is 6.79. The zero-order valence-electron chi connectivity index (χ0n) is 15.2. The first kappa shape index (κ1) is 16.9. The molecule has 5 nitrogen and oxygen atoms in total. The molecule has 2 aliphatic rings. The second-order valence-electron chi connectivity index (χ2n) is 6.79. The van der Waals surface area contributed by atoms with E-state index in [1.54, 1.807) is 0 Å². The maximum absolute atomic E-state index is 5.89. The van der Waals surface area contributed by atoms with Crippen molar-refractivity contribution in [3.8, 4) is 11.5 Å². The lowest BCUT2D eigenvalue weighted by Gasteiger charge is -2.13. The third-order valence-electron chi connectivity index (χ3n) is 4.56. The van der Waals surface area contributed by atoms with Gasteiger partial charge in [-0.1, -0.05) is 6.92 Å². The van der Waals surface area contributed by atoms with E-state index < -0.39 is 0 Å². The first-order valence-corrected chi connectivity index (χ1v) is 9.10. The Bertz CT molecular complexity index is 615. The average Bonchev–Trinajstić information content (AvgIpc) is 3.10. The topological polar surface area (TPSA) is 54.9 Å². The van der Waals surface area contributed by atoms with Crippen LogP contribution in [0.5, 0.6) is 11.5 Å². The Labute approximate surface area is 144 Å². The smallest absolute Gasteiger partial charge is 0.191 e. The van der Waals surface area contributed by atoms with E-state index in [1.165, 1.54) is 12.0 Å². The summed E-state index contributed by atoms with van der Waals surface area (Å²) in [5.41, 5.74) is 2.31. The maximum Gasteiger partial charge on any atom is 0.191 e. The van der Waals surface area contributed by atoms with Crippen molar-refractivity contribution in [2.75, 3.05) is 13.2 Å². The molecule has 1 saturated carbocycles. The molecular formula is C19H29N3O2. The first-order chi connectivity index (χ1) is 11.6. The van der Waals surface area contributed by atoms with Crippen molar-refractivity contribution in [2.45, 2.75) is 59.2 Å². The predicted octanol–water partition coefficient (Wildman–Crippen LogP) is 2.87. The number of aliphatic imine (C=N–C) groups is 1. The fourth-order valence-electron chi connectivity index (χ4n) is 3.08. The minimum atomic E-state index is 0.239. The maximum atomic E-state index is 5.89. The molecule has 0 bridgehead atoms. The largest absolute Gasteiger partial charge is 0.494 e. The highest BCUT2D eigenvalue weighted by Crippen LogP contribution is 2.35. The van der Waals surface area contributed by atoms with E-state index in [1.807, 2.05) is 6.92 Å². The molecule has 0 aromatic heterocycles. The van der Waals surface area contributed by atoms with Crippen molar-refractivity contribution < 1.29 is 9.47 Å². The van der Waals surface area contributed by atoms with Crippen LogP contribution < -0.4 is 20.1 Å². The molecule has 1 fully saturated rings. The van der Waals surface area contributed by atoms with Gasteiger partial charge in [0.1, 0.15) is 17.6 Å². The lowest BCUT2D eigenvalue weighted by atomic mass is 10.1. The van der Waals surface area contributed by atoms with Gasteiger partial charge in [-0.05, 0) is 45.2 Å².